The van der Waals surface area contributed by atoms with Crippen LogP contribution in [0.25, 0.3) is 10.4 Å². The van der Waals surface area contributed by atoms with Crippen LogP contribution in [0.3, 0.4) is 0 Å². The van der Waals surface area contributed by atoms with E-state index in [0.29, 0.717) is 0 Å². The summed E-state index contributed by atoms with van der Waals surface area (Å²) in [6.07, 6.45) is 0.896. The Morgan fingerprint density at radius 3 is 2.44 bits per heavy atom. The van der Waals surface area contributed by atoms with E-state index in [-0.39, 0.29) is 0 Å². The highest BCUT2D eigenvalue weighted by atomic mass is 32.1. The van der Waals surface area contributed by atoms with Gasteiger partial charge in [0.25, 0.3) is 0 Å². The van der Waals surface area contributed by atoms with E-state index in [0.717, 1.165) is 32.9 Å². The maximum Gasteiger partial charge on any atom is 0.160 e. The van der Waals surface area contributed by atoms with Crippen molar-refractivity contribution in [1.82, 2.24) is 0 Å². The van der Waals surface area contributed by atoms with E-state index in [9.17, 15) is 4.79 Å². The number of aryl methyl sites for hydroxylation is 1. The van der Waals surface area contributed by atoms with Crippen LogP contribution < -0.4 is 4.74 Å². The third-order valence-electron chi connectivity index (χ3n) is 3.24. The molecule has 3 heteroatoms. The summed E-state index contributed by atoms with van der Waals surface area (Å²) in [5.41, 5.74) is 4.67. The normalized spacial score (nSPS) is 10.4. The summed E-state index contributed by atoms with van der Waals surface area (Å²) in [6.45, 7) is 6.20. The number of carbonyl (C=O) groups is 1. The van der Waals surface area contributed by atoms with Crippen LogP contribution in [0.1, 0.15) is 26.4 Å². The number of carbonyl (C=O) groups excluding carboxylic acids is 1. The van der Waals surface area contributed by atoms with Gasteiger partial charge in [0.1, 0.15) is 5.75 Å². The molecule has 0 saturated heterocycles. The van der Waals surface area contributed by atoms with Gasteiger partial charge < -0.3 is 4.74 Å². The first kappa shape index (κ1) is 12.8. The molecule has 0 radical (unpaired) electrons. The second kappa shape index (κ2) is 4.94. The topological polar surface area (TPSA) is 26.3 Å². The van der Waals surface area contributed by atoms with Crippen LogP contribution in [0.5, 0.6) is 5.75 Å². The van der Waals surface area contributed by atoms with Gasteiger partial charge in [0, 0.05) is 4.88 Å². The number of thiophene rings is 1. The monoisotopic (exact) mass is 260 g/mol. The molecule has 94 valence electrons. The molecule has 0 aliphatic heterocycles. The third-order valence-corrected chi connectivity index (χ3v) is 4.28. The van der Waals surface area contributed by atoms with E-state index in [1.54, 1.807) is 7.11 Å². The molecule has 0 N–H and O–H groups in total. The van der Waals surface area contributed by atoms with E-state index < -0.39 is 0 Å². The van der Waals surface area contributed by atoms with E-state index in [2.05, 4.69) is 19.9 Å². The number of aldehydes is 1. The first-order chi connectivity index (χ1) is 8.58. The number of hydrogen-bond acceptors (Lipinski definition) is 3. The Bertz CT molecular complexity index is 597. The van der Waals surface area contributed by atoms with Crippen molar-refractivity contribution in [3.8, 4) is 16.2 Å². The number of ether oxygens (including phenoxy) is 1. The summed E-state index contributed by atoms with van der Waals surface area (Å²) in [4.78, 5) is 12.6. The Hall–Kier alpha value is -1.61. The zero-order valence-electron chi connectivity index (χ0n) is 11.0. The van der Waals surface area contributed by atoms with E-state index in [1.165, 1.54) is 22.5 Å². The van der Waals surface area contributed by atoms with Crippen LogP contribution in [-0.4, -0.2) is 13.4 Å². The Morgan fingerprint density at radius 1 is 1.17 bits per heavy atom. The lowest BCUT2D eigenvalue weighted by molar-refractivity contribution is 0.112. The van der Waals surface area contributed by atoms with Gasteiger partial charge in [-0.3, -0.25) is 4.79 Å². The van der Waals surface area contributed by atoms with Crippen LogP contribution in [0.4, 0.5) is 0 Å². The molecule has 2 rings (SSSR count). The molecule has 0 amide bonds. The van der Waals surface area contributed by atoms with Crippen molar-refractivity contribution in [3.63, 3.8) is 0 Å². The summed E-state index contributed by atoms with van der Waals surface area (Å²) in [5, 5.41) is 0. The average molecular weight is 260 g/mol. The fourth-order valence-electron chi connectivity index (χ4n) is 2.19. The predicted octanol–water partition coefficient (Wildman–Crippen LogP) is 4.16. The fraction of sp³-hybridized carbons (Fsp3) is 0.267. The molecule has 1 aromatic carbocycles. The Labute approximate surface area is 111 Å². The van der Waals surface area contributed by atoms with Crippen molar-refractivity contribution in [2.75, 3.05) is 7.11 Å². The minimum atomic E-state index is 0.760. The molecule has 0 unspecified atom stereocenters. The van der Waals surface area contributed by atoms with Gasteiger partial charge in [-0.15, -0.1) is 11.3 Å². The fourth-order valence-corrected chi connectivity index (χ4v) is 3.09. The second-order valence-corrected chi connectivity index (χ2v) is 5.46. The van der Waals surface area contributed by atoms with Crippen LogP contribution in [0.2, 0.25) is 0 Å². The minimum absolute atomic E-state index is 0.760. The summed E-state index contributed by atoms with van der Waals surface area (Å²) in [5.74, 6) is 0.948. The standard InChI is InChI=1S/C15H16O2S/c1-9-7-13(10(2)11(3)15(9)17-4)14-6-5-12(8-16)18-14/h5-8H,1-4H3. The molecule has 0 bridgehead atoms. The number of benzene rings is 1. The Morgan fingerprint density at radius 2 is 1.89 bits per heavy atom. The van der Waals surface area contributed by atoms with Gasteiger partial charge in [0.2, 0.25) is 0 Å². The molecular formula is C15H16O2S. The number of methoxy groups -OCH3 is 1. The highest BCUT2D eigenvalue weighted by Crippen LogP contribution is 2.36. The molecular weight excluding hydrogens is 244 g/mol. The van der Waals surface area contributed by atoms with Crippen molar-refractivity contribution >= 4 is 17.6 Å². The molecule has 0 aliphatic carbocycles. The smallest absolute Gasteiger partial charge is 0.160 e. The Kier molecular flexibility index (Phi) is 3.53. The van der Waals surface area contributed by atoms with Gasteiger partial charge in [-0.05, 0) is 61.2 Å². The zero-order chi connectivity index (χ0) is 13.3. The van der Waals surface area contributed by atoms with Gasteiger partial charge >= 0.3 is 0 Å². The first-order valence-electron chi connectivity index (χ1n) is 5.78. The van der Waals surface area contributed by atoms with Crippen LogP contribution >= 0.6 is 11.3 Å². The molecule has 2 aromatic rings. The molecule has 1 heterocycles. The Balaban J connectivity index is 2.61. The second-order valence-electron chi connectivity index (χ2n) is 4.34. The quantitative estimate of drug-likeness (QED) is 0.774. The average Bonchev–Trinajstić information content (AvgIpc) is 2.83. The lowest BCUT2D eigenvalue weighted by Crippen LogP contribution is -1.95. The maximum absolute atomic E-state index is 10.8. The van der Waals surface area contributed by atoms with Crippen molar-refractivity contribution in [2.45, 2.75) is 20.8 Å². The molecule has 2 nitrogen and oxygen atoms in total. The highest BCUT2D eigenvalue weighted by molar-refractivity contribution is 7.17. The largest absolute Gasteiger partial charge is 0.496 e. The molecule has 0 aliphatic rings. The molecule has 0 spiro atoms. The van der Waals surface area contributed by atoms with Crippen molar-refractivity contribution in [3.05, 3.63) is 39.8 Å². The van der Waals surface area contributed by atoms with Crippen LogP contribution in [-0.2, 0) is 0 Å². The molecule has 1 aromatic heterocycles. The molecule has 18 heavy (non-hydrogen) atoms. The maximum atomic E-state index is 10.8. The van der Waals surface area contributed by atoms with E-state index >= 15 is 0 Å². The van der Waals surface area contributed by atoms with Gasteiger partial charge in [-0.2, -0.15) is 0 Å². The molecule has 0 fully saturated rings. The SMILES string of the molecule is COc1c(C)cc(-c2ccc(C=O)s2)c(C)c1C. The van der Waals surface area contributed by atoms with Gasteiger partial charge in [0.05, 0.1) is 12.0 Å². The third kappa shape index (κ3) is 2.06. The summed E-state index contributed by atoms with van der Waals surface area (Å²) >= 11 is 1.52. The molecule has 0 saturated carbocycles. The molecule has 0 atom stereocenters. The lowest BCUT2D eigenvalue weighted by atomic mass is 9.97. The van der Waals surface area contributed by atoms with Crippen molar-refractivity contribution in [1.29, 1.82) is 0 Å². The van der Waals surface area contributed by atoms with Gasteiger partial charge in [-0.1, -0.05) is 0 Å². The van der Waals surface area contributed by atoms with Crippen LogP contribution in [0, 0.1) is 20.8 Å². The lowest BCUT2D eigenvalue weighted by Gasteiger charge is -2.14. The highest BCUT2D eigenvalue weighted by Gasteiger charge is 2.13. The van der Waals surface area contributed by atoms with Gasteiger partial charge in [0.15, 0.2) is 6.29 Å². The summed E-state index contributed by atoms with van der Waals surface area (Å²) < 4.78 is 5.42. The van der Waals surface area contributed by atoms with Crippen molar-refractivity contribution in [2.24, 2.45) is 0 Å². The van der Waals surface area contributed by atoms with Crippen LogP contribution in [0.15, 0.2) is 18.2 Å². The summed E-state index contributed by atoms with van der Waals surface area (Å²) in [6, 6.07) is 5.99. The predicted molar refractivity (Wildman–Crippen MR) is 75.9 cm³/mol. The summed E-state index contributed by atoms with van der Waals surface area (Å²) in [7, 11) is 1.70. The minimum Gasteiger partial charge on any atom is -0.496 e. The van der Waals surface area contributed by atoms with E-state index in [4.69, 9.17) is 4.74 Å². The zero-order valence-corrected chi connectivity index (χ0v) is 11.9. The van der Waals surface area contributed by atoms with Crippen molar-refractivity contribution < 1.29 is 9.53 Å². The first-order valence-corrected chi connectivity index (χ1v) is 6.60. The number of rotatable bonds is 3. The van der Waals surface area contributed by atoms with Gasteiger partial charge in [-0.25, -0.2) is 0 Å². The van der Waals surface area contributed by atoms with E-state index in [1.807, 2.05) is 19.1 Å². The number of hydrogen-bond donors (Lipinski definition) is 0.